The molecule has 1 saturated heterocycles. The number of hydrogen-bond acceptors (Lipinski definition) is 8. The lowest BCUT2D eigenvalue weighted by atomic mass is 9.93. The van der Waals surface area contributed by atoms with Gasteiger partial charge in [0.1, 0.15) is 4.88 Å². The van der Waals surface area contributed by atoms with Gasteiger partial charge in [-0.15, -0.1) is 5.10 Å². The Balaban J connectivity index is 1.53. The molecule has 4 heterocycles. The van der Waals surface area contributed by atoms with E-state index in [1.165, 1.54) is 11.5 Å². The SMILES string of the molecule is Cc1cc(-c2snnc2C2CCCN(C(=O)c3cc(C(C)C)no3)C2)on1. The molecule has 142 valence electrons. The molecule has 1 aliphatic heterocycles. The van der Waals surface area contributed by atoms with Crippen LogP contribution in [0.25, 0.3) is 10.6 Å². The molecular weight excluding hydrogens is 366 g/mol. The first-order valence-electron chi connectivity index (χ1n) is 9.04. The van der Waals surface area contributed by atoms with Crippen LogP contribution in [0.1, 0.15) is 66.2 Å². The van der Waals surface area contributed by atoms with Gasteiger partial charge in [0, 0.05) is 31.1 Å². The van der Waals surface area contributed by atoms with Crippen molar-refractivity contribution >= 4 is 17.4 Å². The van der Waals surface area contributed by atoms with E-state index in [9.17, 15) is 4.79 Å². The van der Waals surface area contributed by atoms with Crippen LogP contribution in [0, 0.1) is 6.92 Å². The predicted molar refractivity (Wildman–Crippen MR) is 98.6 cm³/mol. The molecule has 1 aliphatic rings. The fourth-order valence-electron chi connectivity index (χ4n) is 3.31. The van der Waals surface area contributed by atoms with Crippen LogP contribution in [0.2, 0.25) is 0 Å². The highest BCUT2D eigenvalue weighted by Crippen LogP contribution is 2.36. The topological polar surface area (TPSA) is 98.2 Å². The molecule has 0 saturated carbocycles. The van der Waals surface area contributed by atoms with Gasteiger partial charge in [0.25, 0.3) is 5.91 Å². The van der Waals surface area contributed by atoms with Crippen LogP contribution in [0.3, 0.4) is 0 Å². The summed E-state index contributed by atoms with van der Waals surface area (Å²) in [5.74, 6) is 1.17. The Morgan fingerprint density at radius 1 is 1.30 bits per heavy atom. The van der Waals surface area contributed by atoms with Crippen LogP contribution >= 0.6 is 11.5 Å². The Hall–Kier alpha value is -2.55. The van der Waals surface area contributed by atoms with Gasteiger partial charge in [0.15, 0.2) is 5.76 Å². The van der Waals surface area contributed by atoms with E-state index in [0.29, 0.717) is 24.6 Å². The summed E-state index contributed by atoms with van der Waals surface area (Å²) in [7, 11) is 0. The van der Waals surface area contributed by atoms with Gasteiger partial charge in [0.2, 0.25) is 5.76 Å². The van der Waals surface area contributed by atoms with Crippen molar-refractivity contribution in [2.45, 2.75) is 45.4 Å². The van der Waals surface area contributed by atoms with Crippen LogP contribution in [0.4, 0.5) is 0 Å². The van der Waals surface area contributed by atoms with E-state index in [0.717, 1.165) is 34.8 Å². The molecule has 4 rings (SSSR count). The van der Waals surface area contributed by atoms with E-state index in [1.807, 2.05) is 31.7 Å². The van der Waals surface area contributed by atoms with Crippen molar-refractivity contribution < 1.29 is 13.8 Å². The summed E-state index contributed by atoms with van der Waals surface area (Å²) in [6.45, 7) is 7.18. The molecule has 0 spiro atoms. The third kappa shape index (κ3) is 3.51. The molecular formula is C18H21N5O3S. The van der Waals surface area contributed by atoms with Gasteiger partial charge in [-0.3, -0.25) is 4.79 Å². The smallest absolute Gasteiger partial charge is 0.292 e. The van der Waals surface area contributed by atoms with Crippen molar-refractivity contribution in [1.29, 1.82) is 0 Å². The first-order chi connectivity index (χ1) is 13.0. The zero-order valence-electron chi connectivity index (χ0n) is 15.5. The molecule has 3 aromatic rings. The molecule has 0 aromatic carbocycles. The van der Waals surface area contributed by atoms with E-state index in [2.05, 4.69) is 19.9 Å². The second kappa shape index (κ2) is 7.22. The monoisotopic (exact) mass is 387 g/mol. The Labute approximate surface area is 160 Å². The number of amides is 1. The standard InChI is InChI=1S/C18H21N5O3S/c1-10(2)13-8-15(26-21-13)18(24)23-6-4-5-12(9-23)16-17(27-22-19-16)14-7-11(3)20-25-14/h7-8,10,12H,4-6,9H2,1-3H3. The lowest BCUT2D eigenvalue weighted by molar-refractivity contribution is 0.0664. The fourth-order valence-corrected chi connectivity index (χ4v) is 4.01. The minimum atomic E-state index is -0.126. The summed E-state index contributed by atoms with van der Waals surface area (Å²) in [6.07, 6.45) is 1.84. The quantitative estimate of drug-likeness (QED) is 0.674. The maximum atomic E-state index is 12.8. The Morgan fingerprint density at radius 3 is 2.85 bits per heavy atom. The second-order valence-corrected chi connectivity index (χ2v) is 7.94. The van der Waals surface area contributed by atoms with Gasteiger partial charge < -0.3 is 13.9 Å². The second-order valence-electron chi connectivity index (χ2n) is 7.18. The van der Waals surface area contributed by atoms with E-state index in [4.69, 9.17) is 9.05 Å². The minimum absolute atomic E-state index is 0.106. The van der Waals surface area contributed by atoms with E-state index >= 15 is 0 Å². The highest BCUT2D eigenvalue weighted by atomic mass is 32.1. The molecule has 1 unspecified atom stereocenters. The average molecular weight is 387 g/mol. The first kappa shape index (κ1) is 17.8. The molecule has 1 fully saturated rings. The number of carbonyl (C=O) groups excluding carboxylic acids is 1. The zero-order valence-corrected chi connectivity index (χ0v) is 16.3. The summed E-state index contributed by atoms with van der Waals surface area (Å²) in [5.41, 5.74) is 2.48. The van der Waals surface area contributed by atoms with Crippen LogP contribution in [-0.4, -0.2) is 43.8 Å². The maximum absolute atomic E-state index is 12.8. The zero-order chi connectivity index (χ0) is 19.0. The van der Waals surface area contributed by atoms with Gasteiger partial charge in [0.05, 0.1) is 17.1 Å². The van der Waals surface area contributed by atoms with Crippen molar-refractivity contribution in [2.75, 3.05) is 13.1 Å². The molecule has 3 aromatic heterocycles. The van der Waals surface area contributed by atoms with Gasteiger partial charge in [-0.2, -0.15) is 0 Å². The van der Waals surface area contributed by atoms with Gasteiger partial charge in [-0.05, 0) is 37.2 Å². The summed E-state index contributed by atoms with van der Waals surface area (Å²) in [5, 5.41) is 12.3. The summed E-state index contributed by atoms with van der Waals surface area (Å²) in [4.78, 5) is 15.5. The van der Waals surface area contributed by atoms with Crippen molar-refractivity contribution in [3.05, 3.63) is 35.0 Å². The Kier molecular flexibility index (Phi) is 4.77. The first-order valence-corrected chi connectivity index (χ1v) is 9.82. The molecule has 1 atom stereocenters. The molecule has 0 N–H and O–H groups in total. The number of hydrogen-bond donors (Lipinski definition) is 0. The highest BCUT2D eigenvalue weighted by molar-refractivity contribution is 7.09. The average Bonchev–Trinajstić information content (AvgIpc) is 3.41. The van der Waals surface area contributed by atoms with Crippen LogP contribution in [0.15, 0.2) is 21.2 Å². The largest absolute Gasteiger partial charge is 0.355 e. The minimum Gasteiger partial charge on any atom is -0.355 e. The third-order valence-corrected chi connectivity index (χ3v) is 5.55. The molecule has 27 heavy (non-hydrogen) atoms. The fraction of sp³-hybridized carbons (Fsp3) is 0.500. The highest BCUT2D eigenvalue weighted by Gasteiger charge is 2.31. The molecule has 0 aliphatic carbocycles. The van der Waals surface area contributed by atoms with E-state index < -0.39 is 0 Å². The summed E-state index contributed by atoms with van der Waals surface area (Å²) >= 11 is 1.30. The molecule has 0 radical (unpaired) electrons. The van der Waals surface area contributed by atoms with Crippen molar-refractivity contribution in [2.24, 2.45) is 0 Å². The van der Waals surface area contributed by atoms with Crippen LogP contribution in [0.5, 0.6) is 0 Å². The van der Waals surface area contributed by atoms with Gasteiger partial charge in [-0.25, -0.2) is 0 Å². The lowest BCUT2D eigenvalue weighted by Gasteiger charge is -2.31. The van der Waals surface area contributed by atoms with Gasteiger partial charge in [-0.1, -0.05) is 28.6 Å². The number of aryl methyl sites for hydroxylation is 1. The van der Waals surface area contributed by atoms with Crippen molar-refractivity contribution in [3.8, 4) is 10.6 Å². The van der Waals surface area contributed by atoms with Crippen molar-refractivity contribution in [1.82, 2.24) is 24.8 Å². The lowest BCUT2D eigenvalue weighted by Crippen LogP contribution is -2.39. The van der Waals surface area contributed by atoms with Gasteiger partial charge >= 0.3 is 0 Å². The third-order valence-electron chi connectivity index (χ3n) is 4.79. The van der Waals surface area contributed by atoms with E-state index in [-0.39, 0.29) is 17.7 Å². The van der Waals surface area contributed by atoms with Crippen molar-refractivity contribution in [3.63, 3.8) is 0 Å². The number of rotatable bonds is 4. The number of nitrogens with zero attached hydrogens (tertiary/aromatic N) is 5. The molecule has 1 amide bonds. The maximum Gasteiger partial charge on any atom is 0.292 e. The van der Waals surface area contributed by atoms with Crippen LogP contribution < -0.4 is 0 Å². The Bertz CT molecular complexity index is 944. The normalized spacial score (nSPS) is 17.6. The number of aromatic nitrogens is 4. The molecule has 8 nitrogen and oxygen atoms in total. The summed E-state index contributed by atoms with van der Waals surface area (Å²) < 4.78 is 14.8. The molecule has 9 heteroatoms. The van der Waals surface area contributed by atoms with Crippen LogP contribution in [-0.2, 0) is 0 Å². The number of piperidine rings is 1. The number of likely N-dealkylation sites (tertiary alicyclic amines) is 1. The molecule has 0 bridgehead atoms. The van der Waals surface area contributed by atoms with E-state index in [1.54, 1.807) is 6.07 Å². The Morgan fingerprint density at radius 2 is 2.15 bits per heavy atom. The number of carbonyl (C=O) groups is 1. The summed E-state index contributed by atoms with van der Waals surface area (Å²) in [6, 6.07) is 3.62. The predicted octanol–water partition coefficient (Wildman–Crippen LogP) is 3.63.